The number of ether oxygens (including phenoxy) is 5. The molecule has 4 rings (SSSR count). The summed E-state index contributed by atoms with van der Waals surface area (Å²) < 4.78 is 27.5. The molecule has 31 heavy (non-hydrogen) atoms. The van der Waals surface area contributed by atoms with Crippen molar-refractivity contribution in [1.29, 1.82) is 0 Å². The second-order valence-electron chi connectivity index (χ2n) is 7.47. The summed E-state index contributed by atoms with van der Waals surface area (Å²) in [6, 6.07) is 13.1. The quantitative estimate of drug-likeness (QED) is 0.531. The van der Waals surface area contributed by atoms with Crippen LogP contribution in [0.25, 0.3) is 0 Å². The predicted molar refractivity (Wildman–Crippen MR) is 107 cm³/mol. The standard InChI is InChI=1S/C23H22O8/c1-13-3-5-15(6-4-13)22(25)30-18-11-27-21-19(12-28-20(18)21)31-23(26)16-7-9-17(10-8-16)29-14(2)24/h3-10,18-21H,11-12H2,1-2H3/t18?,19-,20?,21?/m0/s1. The maximum absolute atomic E-state index is 12.5. The molecule has 0 aromatic heterocycles. The molecule has 2 saturated heterocycles. The molecule has 2 heterocycles. The molecule has 0 spiro atoms. The van der Waals surface area contributed by atoms with Crippen LogP contribution in [0.4, 0.5) is 0 Å². The van der Waals surface area contributed by atoms with Crippen molar-refractivity contribution in [3.05, 3.63) is 65.2 Å². The summed E-state index contributed by atoms with van der Waals surface area (Å²) >= 11 is 0. The van der Waals surface area contributed by atoms with Crippen molar-refractivity contribution in [3.63, 3.8) is 0 Å². The van der Waals surface area contributed by atoms with Gasteiger partial charge < -0.3 is 23.7 Å². The first-order valence-electron chi connectivity index (χ1n) is 9.91. The number of rotatable bonds is 5. The molecule has 0 bridgehead atoms. The molecule has 8 heteroatoms. The Balaban J connectivity index is 1.33. The Morgan fingerprint density at radius 1 is 0.774 bits per heavy atom. The summed E-state index contributed by atoms with van der Waals surface area (Å²) in [6.07, 6.45) is -2.21. The third-order valence-corrected chi connectivity index (χ3v) is 5.12. The summed E-state index contributed by atoms with van der Waals surface area (Å²) in [5, 5.41) is 0. The van der Waals surface area contributed by atoms with E-state index in [0.29, 0.717) is 16.9 Å². The summed E-state index contributed by atoms with van der Waals surface area (Å²) in [5.41, 5.74) is 1.80. The maximum atomic E-state index is 12.5. The maximum Gasteiger partial charge on any atom is 0.338 e. The van der Waals surface area contributed by atoms with Gasteiger partial charge in [0.25, 0.3) is 0 Å². The molecular weight excluding hydrogens is 404 g/mol. The summed E-state index contributed by atoms with van der Waals surface area (Å²) in [7, 11) is 0. The number of hydrogen-bond acceptors (Lipinski definition) is 8. The first-order valence-corrected chi connectivity index (χ1v) is 9.91. The van der Waals surface area contributed by atoms with E-state index in [2.05, 4.69) is 0 Å². The molecule has 3 unspecified atom stereocenters. The van der Waals surface area contributed by atoms with E-state index in [-0.39, 0.29) is 13.2 Å². The van der Waals surface area contributed by atoms with Gasteiger partial charge >= 0.3 is 17.9 Å². The second-order valence-corrected chi connectivity index (χ2v) is 7.47. The Hall–Kier alpha value is -3.23. The first-order chi connectivity index (χ1) is 14.9. The minimum Gasteiger partial charge on any atom is -0.453 e. The average molecular weight is 426 g/mol. The van der Waals surface area contributed by atoms with Crippen LogP contribution >= 0.6 is 0 Å². The molecule has 2 aliphatic rings. The summed E-state index contributed by atoms with van der Waals surface area (Å²) in [6.45, 7) is 3.54. The van der Waals surface area contributed by atoms with Gasteiger partial charge in [-0.2, -0.15) is 0 Å². The minimum atomic E-state index is -0.617. The fraction of sp³-hybridized carbons (Fsp3) is 0.348. The van der Waals surface area contributed by atoms with Crippen molar-refractivity contribution in [2.24, 2.45) is 0 Å². The van der Waals surface area contributed by atoms with Crippen molar-refractivity contribution in [2.75, 3.05) is 13.2 Å². The lowest BCUT2D eigenvalue weighted by Gasteiger charge is -2.17. The molecule has 0 saturated carbocycles. The van der Waals surface area contributed by atoms with E-state index in [1.54, 1.807) is 12.1 Å². The topological polar surface area (TPSA) is 97.4 Å². The van der Waals surface area contributed by atoms with Crippen LogP contribution in [0.2, 0.25) is 0 Å². The van der Waals surface area contributed by atoms with Gasteiger partial charge in [-0.25, -0.2) is 9.59 Å². The third-order valence-electron chi connectivity index (χ3n) is 5.12. The smallest absolute Gasteiger partial charge is 0.338 e. The monoisotopic (exact) mass is 426 g/mol. The number of fused-ring (bicyclic) bond motifs is 1. The zero-order chi connectivity index (χ0) is 22.0. The van der Waals surface area contributed by atoms with E-state index >= 15 is 0 Å². The fourth-order valence-electron chi connectivity index (χ4n) is 3.56. The molecule has 162 valence electrons. The molecule has 0 amide bonds. The van der Waals surface area contributed by atoms with Crippen molar-refractivity contribution >= 4 is 17.9 Å². The average Bonchev–Trinajstić information content (AvgIpc) is 3.32. The molecule has 8 nitrogen and oxygen atoms in total. The van der Waals surface area contributed by atoms with Crippen molar-refractivity contribution in [2.45, 2.75) is 38.3 Å². The van der Waals surface area contributed by atoms with Crippen LogP contribution in [-0.2, 0) is 23.7 Å². The van der Waals surface area contributed by atoms with Gasteiger partial charge in [0.05, 0.1) is 24.3 Å². The summed E-state index contributed by atoms with van der Waals surface area (Å²) in [5.74, 6) is -1.11. The Morgan fingerprint density at radius 2 is 1.23 bits per heavy atom. The molecular formula is C23H22O8. The number of esters is 3. The van der Waals surface area contributed by atoms with Gasteiger partial charge in [-0.3, -0.25) is 4.79 Å². The molecule has 2 aromatic rings. The van der Waals surface area contributed by atoms with Crippen LogP contribution in [0.3, 0.4) is 0 Å². The van der Waals surface area contributed by atoms with Crippen LogP contribution in [0.15, 0.2) is 48.5 Å². The molecule has 2 fully saturated rings. The number of carbonyl (C=O) groups excluding carboxylic acids is 3. The second kappa shape index (κ2) is 8.87. The molecule has 0 radical (unpaired) electrons. The molecule has 2 aliphatic heterocycles. The predicted octanol–water partition coefficient (Wildman–Crippen LogP) is 2.47. The molecule has 0 aliphatic carbocycles. The molecule has 0 N–H and O–H groups in total. The van der Waals surface area contributed by atoms with Gasteiger partial charge in [0.15, 0.2) is 12.2 Å². The van der Waals surface area contributed by atoms with Crippen molar-refractivity contribution < 1.29 is 38.1 Å². The van der Waals surface area contributed by atoms with Crippen molar-refractivity contribution in [3.8, 4) is 5.75 Å². The van der Waals surface area contributed by atoms with E-state index in [9.17, 15) is 14.4 Å². The van der Waals surface area contributed by atoms with Crippen LogP contribution in [0, 0.1) is 6.92 Å². The lowest BCUT2D eigenvalue weighted by Crippen LogP contribution is -2.36. The van der Waals surface area contributed by atoms with Gasteiger partial charge in [0.2, 0.25) is 0 Å². The van der Waals surface area contributed by atoms with E-state index in [0.717, 1.165) is 5.56 Å². The van der Waals surface area contributed by atoms with Gasteiger partial charge in [-0.15, -0.1) is 0 Å². The van der Waals surface area contributed by atoms with Crippen LogP contribution < -0.4 is 4.74 Å². The fourth-order valence-corrected chi connectivity index (χ4v) is 3.56. The number of hydrogen-bond donors (Lipinski definition) is 0. The highest BCUT2D eigenvalue weighted by Crippen LogP contribution is 2.31. The van der Waals surface area contributed by atoms with Gasteiger partial charge in [-0.1, -0.05) is 17.7 Å². The van der Waals surface area contributed by atoms with Gasteiger partial charge in [-0.05, 0) is 43.3 Å². The van der Waals surface area contributed by atoms with Gasteiger partial charge in [0.1, 0.15) is 18.0 Å². The third kappa shape index (κ3) is 4.76. The Morgan fingerprint density at radius 3 is 1.68 bits per heavy atom. The first kappa shape index (κ1) is 21.0. The largest absolute Gasteiger partial charge is 0.453 e. The van der Waals surface area contributed by atoms with Crippen molar-refractivity contribution in [1.82, 2.24) is 0 Å². The lowest BCUT2D eigenvalue weighted by atomic mass is 10.1. The van der Waals surface area contributed by atoms with Gasteiger partial charge in [0, 0.05) is 6.92 Å². The van der Waals surface area contributed by atoms with E-state index in [1.807, 2.05) is 19.1 Å². The van der Waals surface area contributed by atoms with E-state index < -0.39 is 42.3 Å². The number of aryl methyl sites for hydroxylation is 1. The Bertz CT molecular complexity index is 966. The number of benzene rings is 2. The zero-order valence-corrected chi connectivity index (χ0v) is 17.1. The highest BCUT2D eigenvalue weighted by Gasteiger charge is 2.51. The van der Waals surface area contributed by atoms with E-state index in [4.69, 9.17) is 23.7 Å². The Kier molecular flexibility index (Phi) is 6.01. The highest BCUT2D eigenvalue weighted by atomic mass is 16.7. The SMILES string of the molecule is CC(=O)Oc1ccc(C(=O)O[C@H]2COC3C(OC(=O)c4ccc(C)cc4)COC32)cc1. The molecule has 2 aromatic carbocycles. The van der Waals surface area contributed by atoms with Crippen LogP contribution in [0.5, 0.6) is 5.75 Å². The van der Waals surface area contributed by atoms with Crippen LogP contribution in [-0.4, -0.2) is 55.5 Å². The highest BCUT2D eigenvalue weighted by molar-refractivity contribution is 5.90. The molecule has 4 atom stereocenters. The zero-order valence-electron chi connectivity index (χ0n) is 17.1. The van der Waals surface area contributed by atoms with Crippen LogP contribution in [0.1, 0.15) is 33.2 Å². The minimum absolute atomic E-state index is 0.144. The number of carbonyl (C=O) groups is 3. The van der Waals surface area contributed by atoms with E-state index in [1.165, 1.54) is 31.2 Å². The Labute approximate surface area is 179 Å². The summed E-state index contributed by atoms with van der Waals surface area (Å²) in [4.78, 5) is 35.8. The lowest BCUT2D eigenvalue weighted by molar-refractivity contribution is -0.131. The normalized spacial score (nSPS) is 24.3.